The molecule has 1 aliphatic rings. The van der Waals surface area contributed by atoms with Gasteiger partial charge in [0.25, 0.3) is 0 Å². The second-order valence-corrected chi connectivity index (χ2v) is 4.48. The number of anilines is 1. The molecule has 0 saturated heterocycles. The Kier molecular flexibility index (Phi) is 2.00. The lowest BCUT2D eigenvalue weighted by Gasteiger charge is -2.43. The fourth-order valence-corrected chi connectivity index (χ4v) is 2.10. The number of fused-ring (bicyclic) bond motifs is 1. The van der Waals surface area contributed by atoms with Gasteiger partial charge in [0.15, 0.2) is 5.11 Å². The highest BCUT2D eigenvalue weighted by atomic mass is 32.1. The van der Waals surface area contributed by atoms with Crippen LogP contribution in [0.4, 0.5) is 5.69 Å². The Hall–Kier alpha value is -1.09. The number of benzene rings is 1. The van der Waals surface area contributed by atoms with Crippen molar-refractivity contribution in [2.24, 2.45) is 0 Å². The number of thiocarbonyl (C=S) groups is 1. The third-order valence-electron chi connectivity index (χ3n) is 2.97. The van der Waals surface area contributed by atoms with Gasteiger partial charge >= 0.3 is 0 Å². The van der Waals surface area contributed by atoms with E-state index in [1.165, 1.54) is 5.56 Å². The van der Waals surface area contributed by atoms with Crippen LogP contribution in [0.25, 0.3) is 0 Å². The van der Waals surface area contributed by atoms with Crippen molar-refractivity contribution in [2.75, 3.05) is 12.4 Å². The topological polar surface area (TPSA) is 15.3 Å². The number of nitrogens with one attached hydrogen (secondary N) is 1. The van der Waals surface area contributed by atoms with E-state index in [-0.39, 0.29) is 5.54 Å². The van der Waals surface area contributed by atoms with E-state index in [1.807, 2.05) is 13.1 Å². The lowest BCUT2D eigenvalue weighted by atomic mass is 9.90. The van der Waals surface area contributed by atoms with E-state index in [0.29, 0.717) is 0 Å². The van der Waals surface area contributed by atoms with E-state index in [4.69, 9.17) is 12.2 Å². The van der Waals surface area contributed by atoms with Gasteiger partial charge in [-0.2, -0.15) is 0 Å². The Labute approximate surface area is 89.9 Å². The molecule has 1 aromatic carbocycles. The molecule has 1 N–H and O–H groups in total. The summed E-state index contributed by atoms with van der Waals surface area (Å²) < 4.78 is 0. The van der Waals surface area contributed by atoms with Crippen LogP contribution < -0.4 is 5.32 Å². The van der Waals surface area contributed by atoms with Gasteiger partial charge in [-0.3, -0.25) is 0 Å². The van der Waals surface area contributed by atoms with Crippen LogP contribution in [0, 0.1) is 0 Å². The minimum absolute atomic E-state index is 0.0288. The minimum Gasteiger partial charge on any atom is -0.343 e. The highest BCUT2D eigenvalue weighted by Gasteiger charge is 2.33. The molecule has 14 heavy (non-hydrogen) atoms. The molecule has 2 rings (SSSR count). The smallest absolute Gasteiger partial charge is 0.173 e. The first-order chi connectivity index (χ1) is 6.53. The highest BCUT2D eigenvalue weighted by molar-refractivity contribution is 7.80. The molecule has 0 aromatic heterocycles. The van der Waals surface area contributed by atoms with Gasteiger partial charge in [-0.1, -0.05) is 18.2 Å². The summed E-state index contributed by atoms with van der Waals surface area (Å²) in [6, 6.07) is 8.29. The molecule has 74 valence electrons. The molecule has 1 aliphatic heterocycles. The average molecular weight is 206 g/mol. The van der Waals surface area contributed by atoms with Gasteiger partial charge in [-0.15, -0.1) is 0 Å². The quantitative estimate of drug-likeness (QED) is 0.657. The fourth-order valence-electron chi connectivity index (χ4n) is 1.76. The first kappa shape index (κ1) is 9.46. The van der Waals surface area contributed by atoms with Crippen molar-refractivity contribution < 1.29 is 0 Å². The summed E-state index contributed by atoms with van der Waals surface area (Å²) in [5.74, 6) is 0. The van der Waals surface area contributed by atoms with Gasteiger partial charge in [0.05, 0.1) is 5.54 Å². The van der Waals surface area contributed by atoms with Crippen molar-refractivity contribution in [2.45, 2.75) is 19.4 Å². The lowest BCUT2D eigenvalue weighted by Crippen LogP contribution is -2.48. The van der Waals surface area contributed by atoms with Crippen molar-refractivity contribution in [1.82, 2.24) is 4.90 Å². The molecule has 0 aliphatic carbocycles. The van der Waals surface area contributed by atoms with Crippen LogP contribution in [0.1, 0.15) is 19.4 Å². The average Bonchev–Trinajstić information content (AvgIpc) is 2.15. The maximum absolute atomic E-state index is 5.27. The molecule has 0 fully saturated rings. The van der Waals surface area contributed by atoms with Crippen LogP contribution in [-0.4, -0.2) is 17.1 Å². The van der Waals surface area contributed by atoms with E-state index < -0.39 is 0 Å². The predicted molar refractivity (Wildman–Crippen MR) is 63.5 cm³/mol. The van der Waals surface area contributed by atoms with E-state index in [1.54, 1.807) is 0 Å². The van der Waals surface area contributed by atoms with Crippen molar-refractivity contribution in [3.8, 4) is 0 Å². The molecule has 0 unspecified atom stereocenters. The van der Waals surface area contributed by atoms with Crippen molar-refractivity contribution >= 4 is 23.0 Å². The SMILES string of the molecule is CN1C(=S)Nc2ccccc2C1(C)C. The maximum Gasteiger partial charge on any atom is 0.173 e. The summed E-state index contributed by atoms with van der Waals surface area (Å²) >= 11 is 5.27. The van der Waals surface area contributed by atoms with Gasteiger partial charge in [-0.05, 0) is 32.1 Å². The first-order valence-corrected chi connectivity index (χ1v) is 5.08. The molecule has 2 nitrogen and oxygen atoms in total. The molecule has 1 aromatic rings. The van der Waals surface area contributed by atoms with Crippen LogP contribution >= 0.6 is 12.2 Å². The summed E-state index contributed by atoms with van der Waals surface area (Å²) in [6.07, 6.45) is 0. The van der Waals surface area contributed by atoms with E-state index in [0.717, 1.165) is 10.8 Å². The summed E-state index contributed by atoms with van der Waals surface area (Å²) in [6.45, 7) is 4.36. The van der Waals surface area contributed by atoms with Crippen molar-refractivity contribution in [1.29, 1.82) is 0 Å². The lowest BCUT2D eigenvalue weighted by molar-refractivity contribution is 0.258. The number of para-hydroxylation sites is 1. The Morgan fingerprint density at radius 2 is 1.93 bits per heavy atom. The molecule has 0 radical (unpaired) electrons. The molecular weight excluding hydrogens is 192 g/mol. The molecule has 0 spiro atoms. The van der Waals surface area contributed by atoms with Gasteiger partial charge in [-0.25, -0.2) is 0 Å². The standard InChI is InChI=1S/C11H14N2S/c1-11(2)8-6-4-5-7-9(8)12-10(14)13(11)3/h4-7H,1-3H3,(H,12,14). The van der Waals surface area contributed by atoms with Gasteiger partial charge < -0.3 is 10.2 Å². The normalized spacial score (nSPS) is 18.8. The molecule has 0 bridgehead atoms. The van der Waals surface area contributed by atoms with E-state index >= 15 is 0 Å². The van der Waals surface area contributed by atoms with Crippen LogP contribution in [-0.2, 0) is 5.54 Å². The number of nitrogens with zero attached hydrogens (tertiary/aromatic N) is 1. The molecular formula is C11H14N2S. The Bertz CT molecular complexity index is 385. The summed E-state index contributed by atoms with van der Waals surface area (Å²) in [4.78, 5) is 2.09. The van der Waals surface area contributed by atoms with Gasteiger partial charge in [0, 0.05) is 18.3 Å². The second-order valence-electron chi connectivity index (χ2n) is 4.09. The zero-order chi connectivity index (χ0) is 10.3. The van der Waals surface area contributed by atoms with Gasteiger partial charge in [0.2, 0.25) is 0 Å². The third-order valence-corrected chi connectivity index (χ3v) is 3.35. The largest absolute Gasteiger partial charge is 0.343 e. The Balaban J connectivity index is 2.59. The highest BCUT2D eigenvalue weighted by Crippen LogP contribution is 2.36. The minimum atomic E-state index is -0.0288. The van der Waals surface area contributed by atoms with Crippen molar-refractivity contribution in [3.05, 3.63) is 29.8 Å². The molecule has 0 amide bonds. The molecule has 0 atom stereocenters. The summed E-state index contributed by atoms with van der Waals surface area (Å²) in [7, 11) is 2.02. The van der Waals surface area contributed by atoms with Crippen molar-refractivity contribution in [3.63, 3.8) is 0 Å². The number of hydrogen-bond acceptors (Lipinski definition) is 1. The van der Waals surface area contributed by atoms with Crippen LogP contribution in [0.15, 0.2) is 24.3 Å². The second kappa shape index (κ2) is 2.95. The molecule has 3 heteroatoms. The fraction of sp³-hybridized carbons (Fsp3) is 0.364. The van der Waals surface area contributed by atoms with Crippen LogP contribution in [0.2, 0.25) is 0 Å². The maximum atomic E-state index is 5.27. The first-order valence-electron chi connectivity index (χ1n) is 4.68. The summed E-state index contributed by atoms with van der Waals surface area (Å²) in [5, 5.41) is 4.01. The van der Waals surface area contributed by atoms with Gasteiger partial charge in [0.1, 0.15) is 0 Å². The number of hydrogen-bond donors (Lipinski definition) is 1. The van der Waals surface area contributed by atoms with E-state index in [2.05, 4.69) is 42.3 Å². The summed E-state index contributed by atoms with van der Waals surface area (Å²) in [5.41, 5.74) is 2.38. The van der Waals surface area contributed by atoms with E-state index in [9.17, 15) is 0 Å². The van der Waals surface area contributed by atoms with Crippen LogP contribution in [0.3, 0.4) is 0 Å². The zero-order valence-corrected chi connectivity index (χ0v) is 9.48. The number of rotatable bonds is 0. The Morgan fingerprint density at radius 1 is 1.29 bits per heavy atom. The Morgan fingerprint density at radius 3 is 2.64 bits per heavy atom. The molecule has 0 saturated carbocycles. The zero-order valence-electron chi connectivity index (χ0n) is 8.66. The van der Waals surface area contributed by atoms with Crippen LogP contribution in [0.5, 0.6) is 0 Å². The monoisotopic (exact) mass is 206 g/mol. The molecule has 1 heterocycles. The third kappa shape index (κ3) is 1.20. The predicted octanol–water partition coefficient (Wildman–Crippen LogP) is 2.56.